The van der Waals surface area contributed by atoms with Crippen LogP contribution in [0.4, 0.5) is 5.13 Å². The maximum Gasteiger partial charge on any atom is 0.279 e. The van der Waals surface area contributed by atoms with Gasteiger partial charge >= 0.3 is 0 Å². The summed E-state index contributed by atoms with van der Waals surface area (Å²) in [6.45, 7) is 2.01. The Morgan fingerprint density at radius 1 is 1.42 bits per heavy atom. The maximum atomic E-state index is 12.1. The van der Waals surface area contributed by atoms with Gasteiger partial charge in [-0.05, 0) is 12.0 Å². The second-order valence-electron chi connectivity index (χ2n) is 4.16. The molecule has 2 heterocycles. The van der Waals surface area contributed by atoms with Gasteiger partial charge in [-0.15, -0.1) is 0 Å². The molecular weight excluding hydrogens is 262 g/mol. The summed E-state index contributed by atoms with van der Waals surface area (Å²) in [5.74, 6) is -0.564. The largest absolute Gasteiger partial charge is 0.492 e. The summed E-state index contributed by atoms with van der Waals surface area (Å²) < 4.78 is 0. The molecule has 19 heavy (non-hydrogen) atoms. The number of hydrogen-bond acceptors (Lipinski definition) is 5. The van der Waals surface area contributed by atoms with E-state index >= 15 is 0 Å². The van der Waals surface area contributed by atoms with Gasteiger partial charge in [-0.25, -0.2) is 4.99 Å². The Morgan fingerprint density at radius 2 is 2.21 bits per heavy atom. The van der Waals surface area contributed by atoms with Crippen LogP contribution in [0.15, 0.2) is 23.2 Å². The van der Waals surface area contributed by atoms with Gasteiger partial charge in [-0.3, -0.25) is 4.79 Å². The molecule has 3 N–H and O–H groups in total. The molecule has 0 unspecified atom stereocenters. The highest BCUT2D eigenvalue weighted by atomic mass is 32.1. The fraction of sp³-hybridized carbons (Fsp3) is 0.154. The molecule has 0 aliphatic carbocycles. The van der Waals surface area contributed by atoms with Gasteiger partial charge in [0.05, 0.1) is 10.9 Å². The van der Waals surface area contributed by atoms with Gasteiger partial charge in [-0.1, -0.05) is 36.5 Å². The minimum atomic E-state index is -0.352. The monoisotopic (exact) mass is 273 g/mol. The molecule has 1 aromatic carbocycles. The summed E-state index contributed by atoms with van der Waals surface area (Å²) in [6.07, 6.45) is 0.796. The van der Waals surface area contributed by atoms with Gasteiger partial charge in [-0.2, -0.15) is 4.98 Å². The van der Waals surface area contributed by atoms with E-state index in [0.717, 1.165) is 28.5 Å². The van der Waals surface area contributed by atoms with Crippen LogP contribution >= 0.6 is 11.3 Å². The summed E-state index contributed by atoms with van der Waals surface area (Å²) >= 11 is 1.09. The first-order valence-electron chi connectivity index (χ1n) is 5.82. The van der Waals surface area contributed by atoms with Crippen LogP contribution in [-0.2, 0) is 11.2 Å². The number of aromatic nitrogens is 1. The minimum Gasteiger partial charge on any atom is -0.492 e. The number of anilines is 1. The first kappa shape index (κ1) is 11.9. The van der Waals surface area contributed by atoms with E-state index < -0.39 is 0 Å². The zero-order chi connectivity index (χ0) is 13.6. The van der Waals surface area contributed by atoms with Gasteiger partial charge in [0.15, 0.2) is 5.13 Å². The smallest absolute Gasteiger partial charge is 0.279 e. The number of nitrogens with two attached hydrogens (primary N) is 1. The molecule has 1 aliphatic rings. The predicted molar refractivity (Wildman–Crippen MR) is 72.3 cm³/mol. The molecule has 2 aromatic rings. The lowest BCUT2D eigenvalue weighted by Crippen LogP contribution is -2.26. The first-order valence-corrected chi connectivity index (χ1v) is 6.64. The molecule has 1 amide bonds. The second kappa shape index (κ2) is 4.17. The third-order valence-electron chi connectivity index (χ3n) is 3.05. The van der Waals surface area contributed by atoms with Crippen LogP contribution in [0.2, 0.25) is 0 Å². The fourth-order valence-electron chi connectivity index (χ4n) is 2.19. The van der Waals surface area contributed by atoms with Crippen LogP contribution in [0.3, 0.4) is 0 Å². The lowest BCUT2D eigenvalue weighted by Gasteiger charge is -1.96. The molecule has 5 nitrogen and oxygen atoms in total. The molecule has 3 rings (SSSR count). The normalized spacial score (nSPS) is 13.5. The Morgan fingerprint density at radius 3 is 2.84 bits per heavy atom. The number of aryl methyl sites for hydroxylation is 1. The molecule has 6 heteroatoms. The lowest BCUT2D eigenvalue weighted by atomic mass is 10.1. The second-order valence-corrected chi connectivity index (χ2v) is 5.19. The number of benzene rings is 1. The predicted octanol–water partition coefficient (Wildman–Crippen LogP) is 0.352. The van der Waals surface area contributed by atoms with Crippen molar-refractivity contribution in [2.45, 2.75) is 13.3 Å². The number of hydrogen-bond donors (Lipinski definition) is 2. The Hall–Kier alpha value is -2.21. The number of para-hydroxylation sites is 1. The maximum absolute atomic E-state index is 12.1. The highest BCUT2D eigenvalue weighted by Gasteiger charge is 2.24. The molecule has 1 aromatic heterocycles. The highest BCUT2D eigenvalue weighted by molar-refractivity contribution is 7.17. The van der Waals surface area contributed by atoms with E-state index in [9.17, 15) is 9.90 Å². The number of nitrogen functional groups attached to an aromatic ring is 1. The van der Waals surface area contributed by atoms with Crippen molar-refractivity contribution in [2.75, 3.05) is 5.73 Å². The standard InChI is InChI=1S/C13H11N3O2S/c1-2-6-4-3-5-7-8(11(17)15-9(6)7)10-12(18)16-13(14)19-10/h3-5,18H,2H2,1H3,(H2,14,16). The summed E-state index contributed by atoms with van der Waals surface area (Å²) in [5.41, 5.74) is 6.96. The van der Waals surface area contributed by atoms with E-state index in [-0.39, 0.29) is 16.9 Å². The Balaban J connectivity index is 2.40. The third kappa shape index (κ3) is 1.72. The molecule has 1 aliphatic heterocycles. The SMILES string of the molecule is CCc1cccc2c1=NC(=O)C=2c1sc(N)nc1O. The van der Waals surface area contributed by atoms with Crippen molar-refractivity contribution in [1.29, 1.82) is 0 Å². The van der Waals surface area contributed by atoms with E-state index in [2.05, 4.69) is 9.98 Å². The van der Waals surface area contributed by atoms with E-state index in [4.69, 9.17) is 5.73 Å². The average molecular weight is 273 g/mol. The minimum absolute atomic E-state index is 0.212. The topological polar surface area (TPSA) is 88.6 Å². The third-order valence-corrected chi connectivity index (χ3v) is 3.94. The molecule has 96 valence electrons. The van der Waals surface area contributed by atoms with Crippen molar-refractivity contribution in [2.24, 2.45) is 4.99 Å². The molecule has 0 saturated heterocycles. The number of amides is 1. The van der Waals surface area contributed by atoms with Gasteiger partial charge in [0.1, 0.15) is 4.88 Å². The summed E-state index contributed by atoms with van der Waals surface area (Å²) in [7, 11) is 0. The van der Waals surface area contributed by atoms with E-state index in [0.29, 0.717) is 15.8 Å². The van der Waals surface area contributed by atoms with Crippen molar-refractivity contribution in [3.8, 4) is 5.88 Å². The van der Waals surface area contributed by atoms with Gasteiger partial charge in [0, 0.05) is 5.22 Å². The molecular formula is C13H11N3O2S. The molecule has 0 spiro atoms. The van der Waals surface area contributed by atoms with Crippen molar-refractivity contribution < 1.29 is 9.90 Å². The fourth-order valence-corrected chi connectivity index (χ4v) is 2.97. The zero-order valence-corrected chi connectivity index (χ0v) is 11.0. The van der Waals surface area contributed by atoms with Crippen LogP contribution in [-0.4, -0.2) is 16.0 Å². The number of nitrogens with zero attached hydrogens (tertiary/aromatic N) is 2. The molecule has 0 fully saturated rings. The molecule has 0 radical (unpaired) electrons. The van der Waals surface area contributed by atoms with Crippen molar-refractivity contribution >= 4 is 27.9 Å². The number of fused-ring (bicyclic) bond motifs is 1. The summed E-state index contributed by atoms with van der Waals surface area (Å²) in [6, 6.07) is 5.65. The van der Waals surface area contributed by atoms with E-state index in [1.54, 1.807) is 0 Å². The van der Waals surface area contributed by atoms with Crippen molar-refractivity contribution in [1.82, 2.24) is 4.98 Å². The van der Waals surface area contributed by atoms with Crippen molar-refractivity contribution in [3.63, 3.8) is 0 Å². The zero-order valence-electron chi connectivity index (χ0n) is 10.2. The quantitative estimate of drug-likeness (QED) is 0.826. The summed E-state index contributed by atoms with van der Waals surface area (Å²) in [4.78, 5) is 20.3. The Kier molecular flexibility index (Phi) is 2.60. The van der Waals surface area contributed by atoms with Gasteiger partial charge in [0.25, 0.3) is 5.91 Å². The van der Waals surface area contributed by atoms with Crippen LogP contribution in [0, 0.1) is 0 Å². The van der Waals surface area contributed by atoms with Crippen LogP contribution in [0.25, 0.3) is 5.57 Å². The Labute approximate surface area is 112 Å². The van der Waals surface area contributed by atoms with Crippen LogP contribution in [0.5, 0.6) is 5.88 Å². The van der Waals surface area contributed by atoms with Gasteiger partial charge < -0.3 is 10.8 Å². The first-order chi connectivity index (χ1) is 9.11. The molecule has 0 saturated carbocycles. The number of carbonyl (C=O) groups excluding carboxylic acids is 1. The van der Waals surface area contributed by atoms with Crippen LogP contribution < -0.4 is 16.3 Å². The lowest BCUT2D eigenvalue weighted by molar-refractivity contribution is -0.112. The van der Waals surface area contributed by atoms with Crippen molar-refractivity contribution in [3.05, 3.63) is 39.2 Å². The van der Waals surface area contributed by atoms with E-state index in [1.807, 2.05) is 25.1 Å². The number of carbonyl (C=O) groups is 1. The van der Waals surface area contributed by atoms with E-state index in [1.165, 1.54) is 0 Å². The average Bonchev–Trinajstić information content (AvgIpc) is 2.87. The van der Waals surface area contributed by atoms with Crippen LogP contribution in [0.1, 0.15) is 17.4 Å². The summed E-state index contributed by atoms with van der Waals surface area (Å²) in [5, 5.41) is 11.4. The highest BCUT2D eigenvalue weighted by Crippen LogP contribution is 2.32. The molecule has 0 atom stereocenters. The van der Waals surface area contributed by atoms with Gasteiger partial charge in [0.2, 0.25) is 5.88 Å². The number of rotatable bonds is 2. The Bertz CT molecular complexity index is 808. The number of thiazole rings is 1. The number of aromatic hydroxyl groups is 1. The molecule has 0 bridgehead atoms.